The highest BCUT2D eigenvalue weighted by Crippen LogP contribution is 2.31. The maximum absolute atomic E-state index is 14.1. The van der Waals surface area contributed by atoms with Crippen molar-refractivity contribution in [3.05, 3.63) is 34.6 Å². The number of rotatable bonds is 4. The van der Waals surface area contributed by atoms with Crippen LogP contribution >= 0.6 is 0 Å². The fourth-order valence-corrected chi connectivity index (χ4v) is 2.28. The molecular formula is C15H21FO2. The Balaban J connectivity index is 3.26. The summed E-state index contributed by atoms with van der Waals surface area (Å²) in [5, 5.41) is 0. The zero-order valence-corrected chi connectivity index (χ0v) is 11.7. The summed E-state index contributed by atoms with van der Waals surface area (Å²) in [5.41, 5.74) is 2.13. The maximum atomic E-state index is 14.1. The SMILES string of the molecule is CCOC(=O)C(c1c(C)cc(C)cc1F)C(C)C. The molecule has 1 aromatic carbocycles. The molecule has 1 aromatic rings. The molecule has 0 radical (unpaired) electrons. The van der Waals surface area contributed by atoms with E-state index in [0.29, 0.717) is 12.2 Å². The Morgan fingerprint density at radius 1 is 1.33 bits per heavy atom. The number of carbonyl (C=O) groups excluding carboxylic acids is 1. The average Bonchev–Trinajstić information content (AvgIpc) is 2.22. The van der Waals surface area contributed by atoms with Crippen LogP contribution in [0.15, 0.2) is 12.1 Å². The Hall–Kier alpha value is -1.38. The Bertz CT molecular complexity index is 415. The fourth-order valence-electron chi connectivity index (χ4n) is 2.28. The highest BCUT2D eigenvalue weighted by atomic mass is 19.1. The van der Waals surface area contributed by atoms with Crippen molar-refractivity contribution in [3.8, 4) is 0 Å². The Kier molecular flexibility index (Phi) is 4.88. The third kappa shape index (κ3) is 3.09. The Morgan fingerprint density at radius 3 is 2.39 bits per heavy atom. The third-order valence-corrected chi connectivity index (χ3v) is 3.00. The van der Waals surface area contributed by atoms with Crippen LogP contribution in [0.25, 0.3) is 0 Å². The van der Waals surface area contributed by atoms with Gasteiger partial charge in [-0.25, -0.2) is 4.39 Å². The maximum Gasteiger partial charge on any atom is 0.313 e. The zero-order valence-electron chi connectivity index (χ0n) is 11.7. The molecule has 3 heteroatoms. The first kappa shape index (κ1) is 14.7. The first-order valence-electron chi connectivity index (χ1n) is 6.31. The lowest BCUT2D eigenvalue weighted by Gasteiger charge is -2.22. The van der Waals surface area contributed by atoms with E-state index >= 15 is 0 Å². The summed E-state index contributed by atoms with van der Waals surface area (Å²) in [6, 6.07) is 3.37. The molecule has 18 heavy (non-hydrogen) atoms. The van der Waals surface area contributed by atoms with Gasteiger partial charge in [-0.3, -0.25) is 4.79 Å². The van der Waals surface area contributed by atoms with Gasteiger partial charge >= 0.3 is 5.97 Å². The molecular weight excluding hydrogens is 231 g/mol. The van der Waals surface area contributed by atoms with E-state index < -0.39 is 5.92 Å². The van der Waals surface area contributed by atoms with Crippen molar-refractivity contribution in [1.29, 1.82) is 0 Å². The van der Waals surface area contributed by atoms with Crippen molar-refractivity contribution in [2.24, 2.45) is 5.92 Å². The topological polar surface area (TPSA) is 26.3 Å². The van der Waals surface area contributed by atoms with Crippen LogP contribution in [0.2, 0.25) is 0 Å². The highest BCUT2D eigenvalue weighted by Gasteiger charge is 2.29. The van der Waals surface area contributed by atoms with Gasteiger partial charge in [0, 0.05) is 5.56 Å². The molecule has 0 saturated heterocycles. The van der Waals surface area contributed by atoms with Crippen LogP contribution in [0.1, 0.15) is 43.4 Å². The third-order valence-electron chi connectivity index (χ3n) is 3.00. The molecule has 0 heterocycles. The number of aryl methyl sites for hydroxylation is 2. The van der Waals surface area contributed by atoms with Gasteiger partial charge in [0.2, 0.25) is 0 Å². The molecule has 0 amide bonds. The number of ether oxygens (including phenoxy) is 1. The van der Waals surface area contributed by atoms with Crippen molar-refractivity contribution in [2.45, 2.75) is 40.5 Å². The van der Waals surface area contributed by atoms with Gasteiger partial charge in [-0.15, -0.1) is 0 Å². The summed E-state index contributed by atoms with van der Waals surface area (Å²) >= 11 is 0. The van der Waals surface area contributed by atoms with E-state index in [0.717, 1.165) is 11.1 Å². The molecule has 0 saturated carbocycles. The number of carbonyl (C=O) groups is 1. The Labute approximate surface area is 108 Å². The monoisotopic (exact) mass is 252 g/mol. The molecule has 1 rings (SSSR count). The molecule has 0 bridgehead atoms. The molecule has 0 aliphatic rings. The van der Waals surface area contributed by atoms with Gasteiger partial charge in [0.15, 0.2) is 0 Å². The van der Waals surface area contributed by atoms with Crippen LogP contribution in [0.4, 0.5) is 4.39 Å². The molecule has 2 nitrogen and oxygen atoms in total. The van der Waals surface area contributed by atoms with Crippen LogP contribution in [-0.2, 0) is 9.53 Å². The number of benzene rings is 1. The Morgan fingerprint density at radius 2 is 1.94 bits per heavy atom. The van der Waals surface area contributed by atoms with Gasteiger partial charge in [0.1, 0.15) is 5.82 Å². The largest absolute Gasteiger partial charge is 0.466 e. The molecule has 1 atom stereocenters. The number of halogens is 1. The van der Waals surface area contributed by atoms with Crippen LogP contribution in [-0.4, -0.2) is 12.6 Å². The summed E-state index contributed by atoms with van der Waals surface area (Å²) < 4.78 is 19.2. The van der Waals surface area contributed by atoms with Crippen LogP contribution in [0, 0.1) is 25.6 Å². The molecule has 0 aliphatic carbocycles. The summed E-state index contributed by atoms with van der Waals surface area (Å²) in [5.74, 6) is -1.21. The van der Waals surface area contributed by atoms with Gasteiger partial charge in [0.25, 0.3) is 0 Å². The fraction of sp³-hybridized carbons (Fsp3) is 0.533. The zero-order chi connectivity index (χ0) is 13.9. The smallest absolute Gasteiger partial charge is 0.313 e. The predicted octanol–water partition coefficient (Wildman–Crippen LogP) is 3.75. The van der Waals surface area contributed by atoms with Gasteiger partial charge in [-0.2, -0.15) is 0 Å². The quantitative estimate of drug-likeness (QED) is 0.763. The van der Waals surface area contributed by atoms with Gasteiger partial charge in [-0.1, -0.05) is 19.9 Å². The molecule has 0 N–H and O–H groups in total. The van der Waals surface area contributed by atoms with Crippen molar-refractivity contribution in [3.63, 3.8) is 0 Å². The average molecular weight is 252 g/mol. The van der Waals surface area contributed by atoms with Crippen molar-refractivity contribution < 1.29 is 13.9 Å². The molecule has 0 aromatic heterocycles. The summed E-state index contributed by atoms with van der Waals surface area (Å²) in [7, 11) is 0. The molecule has 1 unspecified atom stereocenters. The van der Waals surface area contributed by atoms with Crippen LogP contribution in [0.5, 0.6) is 0 Å². The lowest BCUT2D eigenvalue weighted by atomic mass is 9.85. The van der Waals surface area contributed by atoms with Crippen LogP contribution < -0.4 is 0 Å². The van der Waals surface area contributed by atoms with E-state index in [4.69, 9.17) is 4.74 Å². The van der Waals surface area contributed by atoms with Crippen molar-refractivity contribution >= 4 is 5.97 Å². The standard InChI is InChI=1S/C15H21FO2/c1-6-18-15(17)13(9(2)3)14-11(5)7-10(4)8-12(14)16/h7-9,13H,6H2,1-5H3. The second kappa shape index (κ2) is 5.98. The normalized spacial score (nSPS) is 12.6. The summed E-state index contributed by atoms with van der Waals surface area (Å²) in [6.45, 7) is 9.55. The minimum Gasteiger partial charge on any atom is -0.466 e. The first-order chi connectivity index (χ1) is 8.38. The minimum atomic E-state index is -0.537. The van der Waals surface area contributed by atoms with E-state index in [1.807, 2.05) is 33.8 Å². The second-order valence-electron chi connectivity index (χ2n) is 4.95. The first-order valence-corrected chi connectivity index (χ1v) is 6.31. The van der Waals surface area contributed by atoms with E-state index in [-0.39, 0.29) is 17.7 Å². The summed E-state index contributed by atoms with van der Waals surface area (Å²) in [6.07, 6.45) is 0. The molecule has 100 valence electrons. The number of hydrogen-bond acceptors (Lipinski definition) is 2. The lowest BCUT2D eigenvalue weighted by Crippen LogP contribution is -2.23. The number of hydrogen-bond donors (Lipinski definition) is 0. The van der Waals surface area contributed by atoms with Gasteiger partial charge in [0.05, 0.1) is 12.5 Å². The lowest BCUT2D eigenvalue weighted by molar-refractivity contribution is -0.146. The van der Waals surface area contributed by atoms with Gasteiger partial charge in [-0.05, 0) is 43.9 Å². The van der Waals surface area contributed by atoms with E-state index in [9.17, 15) is 9.18 Å². The van der Waals surface area contributed by atoms with E-state index in [1.165, 1.54) is 6.07 Å². The highest BCUT2D eigenvalue weighted by molar-refractivity contribution is 5.79. The molecule has 0 spiro atoms. The van der Waals surface area contributed by atoms with E-state index in [2.05, 4.69) is 0 Å². The molecule has 0 fully saturated rings. The summed E-state index contributed by atoms with van der Waals surface area (Å²) in [4.78, 5) is 12.0. The minimum absolute atomic E-state index is 0.0000406. The second-order valence-corrected chi connectivity index (χ2v) is 4.95. The van der Waals surface area contributed by atoms with Crippen molar-refractivity contribution in [1.82, 2.24) is 0 Å². The van der Waals surface area contributed by atoms with Crippen LogP contribution in [0.3, 0.4) is 0 Å². The van der Waals surface area contributed by atoms with Gasteiger partial charge < -0.3 is 4.74 Å². The predicted molar refractivity (Wildman–Crippen MR) is 70.1 cm³/mol. The number of esters is 1. The molecule has 0 aliphatic heterocycles. The van der Waals surface area contributed by atoms with Crippen molar-refractivity contribution in [2.75, 3.05) is 6.61 Å². The van der Waals surface area contributed by atoms with E-state index in [1.54, 1.807) is 6.92 Å².